The number of nitrogens with one attached hydrogen (secondary N) is 2. The lowest BCUT2D eigenvalue weighted by Crippen LogP contribution is -3.21. The van der Waals surface area contributed by atoms with Gasteiger partial charge in [-0.2, -0.15) is 0 Å². The number of thioether (sulfide) groups is 1. The first-order valence-corrected chi connectivity index (χ1v) is 5.48. The Labute approximate surface area is 84.0 Å². The SMILES string of the molecule is C#CC(C)(C)[NH+]1CN=C(SC)NC1. The third kappa shape index (κ3) is 2.39. The Kier molecular flexibility index (Phi) is 3.23. The van der Waals surface area contributed by atoms with Gasteiger partial charge in [0.15, 0.2) is 24.0 Å². The molecule has 0 radical (unpaired) electrons. The predicted molar refractivity (Wildman–Crippen MR) is 57.7 cm³/mol. The second-order valence-electron chi connectivity index (χ2n) is 3.55. The quantitative estimate of drug-likeness (QED) is 0.557. The molecule has 0 fully saturated rings. The molecule has 0 saturated heterocycles. The number of quaternary nitrogens is 1. The first kappa shape index (κ1) is 10.4. The maximum absolute atomic E-state index is 5.45. The summed E-state index contributed by atoms with van der Waals surface area (Å²) in [6.07, 6.45) is 7.47. The van der Waals surface area contributed by atoms with E-state index in [1.54, 1.807) is 11.8 Å². The Morgan fingerprint density at radius 1 is 1.69 bits per heavy atom. The summed E-state index contributed by atoms with van der Waals surface area (Å²) in [5.41, 5.74) is -0.138. The molecule has 0 aromatic heterocycles. The van der Waals surface area contributed by atoms with Gasteiger partial charge in [-0.3, -0.25) is 4.90 Å². The van der Waals surface area contributed by atoms with Gasteiger partial charge in [-0.15, -0.1) is 6.42 Å². The van der Waals surface area contributed by atoms with Crippen LogP contribution in [0.25, 0.3) is 0 Å². The zero-order chi connectivity index (χ0) is 9.90. The van der Waals surface area contributed by atoms with Crippen molar-refractivity contribution in [3.8, 4) is 12.3 Å². The van der Waals surface area contributed by atoms with Crippen LogP contribution in [0.5, 0.6) is 0 Å². The smallest absolute Gasteiger partial charge is 0.176 e. The number of aliphatic imine (C=N–C) groups is 1. The van der Waals surface area contributed by atoms with Gasteiger partial charge in [-0.25, -0.2) is 4.99 Å². The van der Waals surface area contributed by atoms with E-state index in [4.69, 9.17) is 6.42 Å². The topological polar surface area (TPSA) is 28.8 Å². The minimum atomic E-state index is -0.138. The molecule has 0 aromatic rings. The van der Waals surface area contributed by atoms with E-state index in [2.05, 4.69) is 30.1 Å². The number of hydrogen-bond donors (Lipinski definition) is 2. The summed E-state index contributed by atoms with van der Waals surface area (Å²) in [4.78, 5) is 5.66. The molecule has 1 atom stereocenters. The number of hydrogen-bond acceptors (Lipinski definition) is 3. The predicted octanol–water partition coefficient (Wildman–Crippen LogP) is -0.480. The second kappa shape index (κ2) is 4.03. The Morgan fingerprint density at radius 2 is 2.38 bits per heavy atom. The molecule has 0 aliphatic carbocycles. The van der Waals surface area contributed by atoms with E-state index in [-0.39, 0.29) is 5.54 Å². The zero-order valence-electron chi connectivity index (χ0n) is 8.35. The van der Waals surface area contributed by atoms with Crippen molar-refractivity contribution in [3.05, 3.63) is 0 Å². The molecule has 0 saturated carbocycles. The van der Waals surface area contributed by atoms with Gasteiger partial charge < -0.3 is 5.32 Å². The highest BCUT2D eigenvalue weighted by molar-refractivity contribution is 8.13. The highest BCUT2D eigenvalue weighted by atomic mass is 32.2. The van der Waals surface area contributed by atoms with Crippen molar-refractivity contribution < 1.29 is 4.90 Å². The molecular formula is C9H16N3S+. The van der Waals surface area contributed by atoms with E-state index in [1.165, 1.54) is 4.90 Å². The molecule has 0 spiro atoms. The minimum absolute atomic E-state index is 0.138. The fourth-order valence-electron chi connectivity index (χ4n) is 1.12. The lowest BCUT2D eigenvalue weighted by molar-refractivity contribution is -0.941. The van der Waals surface area contributed by atoms with Gasteiger partial charge >= 0.3 is 0 Å². The molecule has 2 N–H and O–H groups in total. The summed E-state index contributed by atoms with van der Waals surface area (Å²) in [6, 6.07) is 0. The maximum Gasteiger partial charge on any atom is 0.176 e. The molecule has 4 heteroatoms. The fourth-order valence-corrected chi connectivity index (χ4v) is 1.53. The summed E-state index contributed by atoms with van der Waals surface area (Å²) in [5, 5.41) is 4.25. The molecule has 1 aliphatic heterocycles. The zero-order valence-corrected chi connectivity index (χ0v) is 9.16. The van der Waals surface area contributed by atoms with Gasteiger partial charge in [0.2, 0.25) is 0 Å². The van der Waals surface area contributed by atoms with Crippen molar-refractivity contribution >= 4 is 16.9 Å². The van der Waals surface area contributed by atoms with Gasteiger partial charge in [0.25, 0.3) is 0 Å². The monoisotopic (exact) mass is 198 g/mol. The molecule has 3 nitrogen and oxygen atoms in total. The van der Waals surface area contributed by atoms with E-state index < -0.39 is 0 Å². The first-order chi connectivity index (χ1) is 6.10. The van der Waals surface area contributed by atoms with Crippen molar-refractivity contribution in [1.29, 1.82) is 0 Å². The van der Waals surface area contributed by atoms with Crippen LogP contribution in [0.2, 0.25) is 0 Å². The lowest BCUT2D eigenvalue weighted by Gasteiger charge is -2.32. The van der Waals surface area contributed by atoms with Gasteiger partial charge in [-0.05, 0) is 12.2 Å². The number of nitrogens with zero attached hydrogens (tertiary/aromatic N) is 1. The van der Waals surface area contributed by atoms with Gasteiger partial charge in [0, 0.05) is 13.8 Å². The number of terminal acetylenes is 1. The number of amidine groups is 1. The van der Waals surface area contributed by atoms with Crippen molar-refractivity contribution in [2.75, 3.05) is 19.6 Å². The van der Waals surface area contributed by atoms with Crippen LogP contribution in [0, 0.1) is 12.3 Å². The Hall–Kier alpha value is -0.660. The third-order valence-electron chi connectivity index (χ3n) is 2.30. The average molecular weight is 198 g/mol. The summed E-state index contributed by atoms with van der Waals surface area (Å²) in [6.45, 7) is 5.74. The van der Waals surface area contributed by atoms with Crippen molar-refractivity contribution in [1.82, 2.24) is 5.32 Å². The molecule has 1 unspecified atom stereocenters. The van der Waals surface area contributed by atoms with E-state index >= 15 is 0 Å². The lowest BCUT2D eigenvalue weighted by atomic mass is 10.1. The summed E-state index contributed by atoms with van der Waals surface area (Å²) in [7, 11) is 0. The molecule has 0 bridgehead atoms. The summed E-state index contributed by atoms with van der Waals surface area (Å²) < 4.78 is 0. The van der Waals surface area contributed by atoms with Crippen molar-refractivity contribution in [3.63, 3.8) is 0 Å². The summed E-state index contributed by atoms with van der Waals surface area (Å²) >= 11 is 1.64. The Morgan fingerprint density at radius 3 is 2.77 bits per heavy atom. The van der Waals surface area contributed by atoms with Gasteiger partial charge in [0.1, 0.15) is 0 Å². The van der Waals surface area contributed by atoms with Gasteiger partial charge in [0.05, 0.1) is 0 Å². The molecule has 13 heavy (non-hydrogen) atoms. The standard InChI is InChI=1S/C9H15N3S/c1-5-9(2,3)12-6-10-8(13-4)11-7-12/h1H,6-7H2,2-4H3,(H,10,11)/p+1. The van der Waals surface area contributed by atoms with Crippen molar-refractivity contribution in [2.24, 2.45) is 4.99 Å². The Balaban J connectivity index is 2.61. The van der Waals surface area contributed by atoms with Crippen LogP contribution in [0.4, 0.5) is 0 Å². The molecular weight excluding hydrogens is 182 g/mol. The Bertz CT molecular complexity index is 252. The van der Waals surface area contributed by atoms with Gasteiger partial charge in [-0.1, -0.05) is 11.8 Å². The van der Waals surface area contributed by atoms with Crippen LogP contribution >= 0.6 is 11.8 Å². The first-order valence-electron chi connectivity index (χ1n) is 4.25. The van der Waals surface area contributed by atoms with E-state index in [0.29, 0.717) is 0 Å². The second-order valence-corrected chi connectivity index (χ2v) is 4.35. The van der Waals surface area contributed by atoms with Crippen LogP contribution in [0.1, 0.15) is 13.8 Å². The van der Waals surface area contributed by atoms with Crippen LogP contribution in [0.15, 0.2) is 4.99 Å². The maximum atomic E-state index is 5.45. The molecule has 0 amide bonds. The highest BCUT2D eigenvalue weighted by Gasteiger charge is 2.29. The fraction of sp³-hybridized carbons (Fsp3) is 0.667. The highest BCUT2D eigenvalue weighted by Crippen LogP contribution is 1.98. The van der Waals surface area contributed by atoms with Crippen LogP contribution in [-0.4, -0.2) is 30.3 Å². The number of rotatable bonds is 1. The molecule has 0 aromatic carbocycles. The average Bonchev–Trinajstić information content (AvgIpc) is 2.18. The largest absolute Gasteiger partial charge is 0.318 e. The van der Waals surface area contributed by atoms with E-state index in [9.17, 15) is 0 Å². The normalized spacial score (nSPS) is 22.9. The molecule has 1 heterocycles. The van der Waals surface area contributed by atoms with E-state index in [1.807, 2.05) is 6.26 Å². The molecule has 1 aliphatic rings. The van der Waals surface area contributed by atoms with Crippen LogP contribution in [0.3, 0.4) is 0 Å². The summed E-state index contributed by atoms with van der Waals surface area (Å²) in [5.74, 6) is 2.79. The molecule has 1 rings (SSSR count). The van der Waals surface area contributed by atoms with Crippen LogP contribution in [-0.2, 0) is 0 Å². The minimum Gasteiger partial charge on any atom is -0.318 e. The van der Waals surface area contributed by atoms with Crippen LogP contribution < -0.4 is 10.2 Å². The van der Waals surface area contributed by atoms with E-state index in [0.717, 1.165) is 18.5 Å². The third-order valence-corrected chi connectivity index (χ3v) is 2.96. The molecule has 72 valence electrons. The van der Waals surface area contributed by atoms with Crippen molar-refractivity contribution in [2.45, 2.75) is 19.4 Å².